The molecule has 1 N–H and O–H groups in total. The molecule has 0 spiro atoms. The van der Waals surface area contributed by atoms with Gasteiger partial charge >= 0.3 is 0 Å². The summed E-state index contributed by atoms with van der Waals surface area (Å²) in [6.45, 7) is 6.27. The number of rotatable bonds is 5. The highest BCUT2D eigenvalue weighted by molar-refractivity contribution is 7.91. The van der Waals surface area contributed by atoms with E-state index in [4.69, 9.17) is 4.74 Å². The molecule has 2 aliphatic heterocycles. The van der Waals surface area contributed by atoms with Crippen LogP contribution in [0.4, 0.5) is 11.5 Å². The number of hydrogen-bond donors (Lipinski definition) is 1. The molecule has 2 aromatic rings. The molecule has 4 rings (SSSR count). The Morgan fingerprint density at radius 3 is 2.61 bits per heavy atom. The van der Waals surface area contributed by atoms with E-state index in [-0.39, 0.29) is 47.7 Å². The highest BCUT2D eigenvalue weighted by Crippen LogP contribution is 2.34. The normalized spacial score (nSPS) is 22.5. The van der Waals surface area contributed by atoms with Crippen LogP contribution in [0.1, 0.15) is 45.3 Å². The van der Waals surface area contributed by atoms with Crippen molar-refractivity contribution in [3.05, 3.63) is 36.0 Å². The maximum absolute atomic E-state index is 13.2. The zero-order chi connectivity index (χ0) is 24.0. The summed E-state index contributed by atoms with van der Waals surface area (Å²) in [6, 6.07) is 8.69. The Morgan fingerprint density at radius 1 is 1.24 bits per heavy atom. The van der Waals surface area contributed by atoms with E-state index in [1.54, 1.807) is 34.9 Å². The molecular formula is C23H30N4O5S. The van der Waals surface area contributed by atoms with Crippen molar-refractivity contribution in [2.75, 3.05) is 35.4 Å². The Morgan fingerprint density at radius 2 is 1.97 bits per heavy atom. The summed E-state index contributed by atoms with van der Waals surface area (Å²) < 4.78 is 31.1. The molecule has 178 valence electrons. The number of methoxy groups -OCH3 is 1. The third-order valence-corrected chi connectivity index (χ3v) is 7.93. The largest absolute Gasteiger partial charge is 0.495 e. The number of amides is 2. The number of aromatic nitrogens is 2. The van der Waals surface area contributed by atoms with E-state index in [1.165, 1.54) is 0 Å². The van der Waals surface area contributed by atoms with Crippen LogP contribution in [-0.4, -0.2) is 55.2 Å². The molecule has 33 heavy (non-hydrogen) atoms. The minimum absolute atomic E-state index is 0.00459. The van der Waals surface area contributed by atoms with E-state index in [9.17, 15) is 18.0 Å². The number of carbonyl (C=O) groups is 2. The molecule has 2 amide bonds. The predicted octanol–water partition coefficient (Wildman–Crippen LogP) is 2.54. The molecule has 2 aliphatic rings. The summed E-state index contributed by atoms with van der Waals surface area (Å²) in [6.07, 6.45) is 0.544. The monoisotopic (exact) mass is 474 g/mol. The van der Waals surface area contributed by atoms with Gasteiger partial charge in [0.05, 0.1) is 42.0 Å². The third-order valence-electron chi connectivity index (χ3n) is 6.18. The van der Waals surface area contributed by atoms with Gasteiger partial charge in [-0.25, -0.2) is 13.1 Å². The topological polar surface area (TPSA) is 111 Å². The van der Waals surface area contributed by atoms with Gasteiger partial charge in [-0.3, -0.25) is 9.59 Å². The lowest BCUT2D eigenvalue weighted by molar-refractivity contribution is -0.122. The molecule has 0 unspecified atom stereocenters. The van der Waals surface area contributed by atoms with E-state index in [2.05, 4.69) is 10.4 Å². The quantitative estimate of drug-likeness (QED) is 0.713. The van der Waals surface area contributed by atoms with Crippen molar-refractivity contribution in [1.29, 1.82) is 0 Å². The van der Waals surface area contributed by atoms with Crippen LogP contribution in [0, 0.1) is 5.92 Å². The molecule has 0 radical (unpaired) electrons. The lowest BCUT2D eigenvalue weighted by atomic mass is 9.92. The Hall–Kier alpha value is -2.88. The highest BCUT2D eigenvalue weighted by Gasteiger charge is 2.38. The SMILES string of the molecule is COc1ccccc1N1C[C@@H](C(=O)Nc2cc(C(C)(C)C)nn2[C@@H]2CCS(=O)(=O)C2)CC1=O. The summed E-state index contributed by atoms with van der Waals surface area (Å²) >= 11 is 0. The average Bonchev–Trinajstić information content (AvgIpc) is 3.44. The molecule has 2 atom stereocenters. The second-order valence-electron chi connectivity index (χ2n) is 9.73. The second-order valence-corrected chi connectivity index (χ2v) is 12.0. The van der Waals surface area contributed by atoms with Crippen LogP contribution in [0.15, 0.2) is 30.3 Å². The average molecular weight is 475 g/mol. The van der Waals surface area contributed by atoms with E-state index in [0.717, 1.165) is 5.69 Å². The molecule has 9 nitrogen and oxygen atoms in total. The lowest BCUT2D eigenvalue weighted by Gasteiger charge is -2.19. The fourth-order valence-corrected chi connectivity index (χ4v) is 5.99. The van der Waals surface area contributed by atoms with Gasteiger partial charge in [0.1, 0.15) is 11.6 Å². The van der Waals surface area contributed by atoms with E-state index in [0.29, 0.717) is 23.7 Å². The molecule has 2 fully saturated rings. The number of sulfone groups is 1. The smallest absolute Gasteiger partial charge is 0.230 e. The molecule has 0 bridgehead atoms. The van der Waals surface area contributed by atoms with Crippen molar-refractivity contribution in [2.45, 2.75) is 45.1 Å². The Labute approximate surface area is 194 Å². The summed E-state index contributed by atoms with van der Waals surface area (Å²) in [7, 11) is -1.58. The van der Waals surface area contributed by atoms with Gasteiger partial charge in [-0.15, -0.1) is 0 Å². The first-order valence-electron chi connectivity index (χ1n) is 11.0. The van der Waals surface area contributed by atoms with Crippen molar-refractivity contribution in [3.63, 3.8) is 0 Å². The number of benzene rings is 1. The van der Waals surface area contributed by atoms with Gasteiger partial charge in [0.2, 0.25) is 11.8 Å². The van der Waals surface area contributed by atoms with Crippen molar-refractivity contribution in [2.24, 2.45) is 5.92 Å². The first kappa shape index (κ1) is 23.3. The van der Waals surface area contributed by atoms with Crippen LogP contribution < -0.4 is 15.0 Å². The fourth-order valence-electron chi connectivity index (χ4n) is 4.30. The molecule has 2 saturated heterocycles. The Kier molecular flexibility index (Phi) is 5.98. The summed E-state index contributed by atoms with van der Waals surface area (Å²) in [5.74, 6) is 0.174. The van der Waals surface area contributed by atoms with E-state index in [1.807, 2.05) is 32.9 Å². The van der Waals surface area contributed by atoms with E-state index >= 15 is 0 Å². The Bertz CT molecular complexity index is 1180. The van der Waals surface area contributed by atoms with Gasteiger partial charge < -0.3 is 15.0 Å². The van der Waals surface area contributed by atoms with Gasteiger partial charge in [0.15, 0.2) is 9.84 Å². The van der Waals surface area contributed by atoms with Crippen molar-refractivity contribution in [1.82, 2.24) is 9.78 Å². The summed E-state index contributed by atoms with van der Waals surface area (Å²) in [5.41, 5.74) is 1.13. The lowest BCUT2D eigenvalue weighted by Crippen LogP contribution is -2.29. The number of para-hydroxylation sites is 2. The number of hydrogen-bond acceptors (Lipinski definition) is 6. The highest BCUT2D eigenvalue weighted by atomic mass is 32.2. The summed E-state index contributed by atoms with van der Waals surface area (Å²) in [5, 5.41) is 7.58. The molecule has 0 aliphatic carbocycles. The van der Waals surface area contributed by atoms with Crippen LogP contribution in [-0.2, 0) is 24.8 Å². The number of carbonyl (C=O) groups excluding carboxylic acids is 2. The van der Waals surface area contributed by atoms with Crippen LogP contribution in [0.5, 0.6) is 5.75 Å². The molecule has 1 aromatic heterocycles. The predicted molar refractivity (Wildman–Crippen MR) is 125 cm³/mol. The van der Waals surface area contributed by atoms with Gasteiger partial charge in [0, 0.05) is 24.4 Å². The van der Waals surface area contributed by atoms with Gasteiger partial charge in [-0.05, 0) is 18.6 Å². The molecule has 0 saturated carbocycles. The van der Waals surface area contributed by atoms with Gasteiger partial charge in [0.25, 0.3) is 0 Å². The zero-order valence-corrected chi connectivity index (χ0v) is 20.2. The Balaban J connectivity index is 1.56. The number of nitrogens with zero attached hydrogens (tertiary/aromatic N) is 3. The van der Waals surface area contributed by atoms with Crippen molar-refractivity contribution in [3.8, 4) is 5.75 Å². The van der Waals surface area contributed by atoms with Crippen LogP contribution in [0.25, 0.3) is 0 Å². The van der Waals surface area contributed by atoms with Crippen LogP contribution in [0.3, 0.4) is 0 Å². The first-order valence-corrected chi connectivity index (χ1v) is 12.9. The maximum Gasteiger partial charge on any atom is 0.230 e. The minimum atomic E-state index is -3.12. The number of ether oxygens (including phenoxy) is 1. The molecule has 1 aromatic carbocycles. The molecular weight excluding hydrogens is 444 g/mol. The summed E-state index contributed by atoms with van der Waals surface area (Å²) in [4.78, 5) is 27.4. The second kappa shape index (κ2) is 8.48. The van der Waals surface area contributed by atoms with Crippen molar-refractivity contribution >= 4 is 33.2 Å². The third kappa shape index (κ3) is 4.75. The molecule has 10 heteroatoms. The van der Waals surface area contributed by atoms with Gasteiger partial charge in [-0.2, -0.15) is 5.10 Å². The number of nitrogens with one attached hydrogen (secondary N) is 1. The van der Waals surface area contributed by atoms with Crippen LogP contribution >= 0.6 is 0 Å². The number of anilines is 2. The maximum atomic E-state index is 13.2. The fraction of sp³-hybridized carbons (Fsp3) is 0.522. The van der Waals surface area contributed by atoms with Crippen molar-refractivity contribution < 1.29 is 22.7 Å². The molecule has 3 heterocycles. The standard InChI is InChI=1S/C23H30N4O5S/c1-23(2,3)19-12-20(27(25-19)16-9-10-33(30,31)14-16)24-22(29)15-11-21(28)26(13-15)17-7-5-6-8-18(17)32-4/h5-8,12,15-16H,9-11,13-14H2,1-4H3,(H,24,29)/t15-,16+/m0/s1. The van der Waals surface area contributed by atoms with E-state index < -0.39 is 15.8 Å². The minimum Gasteiger partial charge on any atom is -0.495 e. The zero-order valence-electron chi connectivity index (χ0n) is 19.4. The first-order chi connectivity index (χ1) is 15.5. The van der Waals surface area contributed by atoms with Gasteiger partial charge in [-0.1, -0.05) is 32.9 Å². The van der Waals surface area contributed by atoms with Crippen LogP contribution in [0.2, 0.25) is 0 Å².